The molecule has 1 aromatic carbocycles. The van der Waals surface area contributed by atoms with E-state index in [2.05, 4.69) is 25.9 Å². The molecular formula is C13H9BrN2OS2. The van der Waals surface area contributed by atoms with Crippen LogP contribution in [0.4, 0.5) is 0 Å². The van der Waals surface area contributed by atoms with Crippen molar-refractivity contribution in [2.45, 2.75) is 6.92 Å². The van der Waals surface area contributed by atoms with Crippen molar-refractivity contribution >= 4 is 49.7 Å². The molecule has 0 amide bonds. The molecule has 3 nitrogen and oxygen atoms in total. The fourth-order valence-corrected chi connectivity index (χ4v) is 3.72. The van der Waals surface area contributed by atoms with Crippen LogP contribution in [0, 0.1) is 11.7 Å². The van der Waals surface area contributed by atoms with Gasteiger partial charge in [-0.05, 0) is 36.8 Å². The van der Waals surface area contributed by atoms with Gasteiger partial charge in [-0.1, -0.05) is 28.1 Å². The van der Waals surface area contributed by atoms with Gasteiger partial charge in [-0.25, -0.2) is 0 Å². The molecule has 0 saturated heterocycles. The SMILES string of the molecule is Cc1sc2[nH]c(=S)[nH]c(=O)c2c1-c1ccc(Br)cc1. The van der Waals surface area contributed by atoms with E-state index in [-0.39, 0.29) is 5.56 Å². The predicted octanol–water partition coefficient (Wildman–Crippen LogP) is 4.39. The number of benzene rings is 1. The highest BCUT2D eigenvalue weighted by Gasteiger charge is 2.14. The molecule has 0 aliphatic rings. The second-order valence-electron chi connectivity index (χ2n) is 4.15. The predicted molar refractivity (Wildman–Crippen MR) is 85.5 cm³/mol. The highest BCUT2D eigenvalue weighted by atomic mass is 79.9. The molecule has 3 aromatic rings. The highest BCUT2D eigenvalue weighted by molar-refractivity contribution is 9.10. The lowest BCUT2D eigenvalue weighted by atomic mass is 10.0. The van der Waals surface area contributed by atoms with Gasteiger partial charge in [0, 0.05) is 14.9 Å². The topological polar surface area (TPSA) is 48.6 Å². The van der Waals surface area contributed by atoms with Crippen LogP contribution in [-0.4, -0.2) is 9.97 Å². The van der Waals surface area contributed by atoms with Gasteiger partial charge in [0.15, 0.2) is 4.77 Å². The number of rotatable bonds is 1. The van der Waals surface area contributed by atoms with E-state index in [9.17, 15) is 4.79 Å². The molecule has 0 saturated carbocycles. The zero-order chi connectivity index (χ0) is 13.6. The molecule has 0 aliphatic carbocycles. The summed E-state index contributed by atoms with van der Waals surface area (Å²) in [4.78, 5) is 19.7. The molecule has 0 atom stereocenters. The number of nitrogens with one attached hydrogen (secondary N) is 2. The van der Waals surface area contributed by atoms with Gasteiger partial charge in [-0.15, -0.1) is 11.3 Å². The van der Waals surface area contributed by atoms with Crippen molar-refractivity contribution in [3.63, 3.8) is 0 Å². The second-order valence-corrected chi connectivity index (χ2v) is 6.70. The molecule has 2 aromatic heterocycles. The summed E-state index contributed by atoms with van der Waals surface area (Å²) in [7, 11) is 0. The Hall–Kier alpha value is -1.24. The smallest absolute Gasteiger partial charge is 0.261 e. The van der Waals surface area contributed by atoms with E-state index >= 15 is 0 Å². The van der Waals surface area contributed by atoms with Crippen LogP contribution in [0.3, 0.4) is 0 Å². The molecule has 2 N–H and O–H groups in total. The monoisotopic (exact) mass is 352 g/mol. The maximum atomic E-state index is 12.1. The minimum atomic E-state index is -0.138. The third-order valence-electron chi connectivity index (χ3n) is 2.90. The standard InChI is InChI=1S/C13H9BrN2OS2/c1-6-9(7-2-4-8(14)5-3-7)10-11(17)15-13(18)16-12(10)19-6/h2-5H,1H3,(H2,15,16,17,18). The van der Waals surface area contributed by atoms with Crippen molar-refractivity contribution in [3.8, 4) is 11.1 Å². The maximum Gasteiger partial charge on any atom is 0.261 e. The average Bonchev–Trinajstić information content (AvgIpc) is 2.66. The van der Waals surface area contributed by atoms with Crippen LogP contribution in [0.5, 0.6) is 0 Å². The molecule has 6 heteroatoms. The van der Waals surface area contributed by atoms with E-state index in [1.54, 1.807) is 11.3 Å². The molecular weight excluding hydrogens is 344 g/mol. The maximum absolute atomic E-state index is 12.1. The van der Waals surface area contributed by atoms with Crippen molar-refractivity contribution in [2.24, 2.45) is 0 Å². The van der Waals surface area contributed by atoms with Crippen LogP contribution >= 0.6 is 39.5 Å². The largest absolute Gasteiger partial charge is 0.323 e. The van der Waals surface area contributed by atoms with Crippen LogP contribution in [0.15, 0.2) is 33.5 Å². The average molecular weight is 353 g/mol. The van der Waals surface area contributed by atoms with E-state index in [0.29, 0.717) is 10.2 Å². The minimum absolute atomic E-state index is 0.138. The molecule has 96 valence electrons. The fraction of sp³-hybridized carbons (Fsp3) is 0.0769. The molecule has 0 spiro atoms. The third-order valence-corrected chi connectivity index (χ3v) is 4.65. The number of aromatic nitrogens is 2. The van der Waals surface area contributed by atoms with Crippen molar-refractivity contribution < 1.29 is 0 Å². The molecule has 0 fully saturated rings. The number of aromatic amines is 2. The highest BCUT2D eigenvalue weighted by Crippen LogP contribution is 2.35. The lowest BCUT2D eigenvalue weighted by molar-refractivity contribution is 1.15. The number of H-pyrrole nitrogens is 2. The van der Waals surface area contributed by atoms with Gasteiger partial charge in [0.2, 0.25) is 0 Å². The molecule has 0 unspecified atom stereocenters. The number of aryl methyl sites for hydroxylation is 1. The Kier molecular flexibility index (Phi) is 3.16. The van der Waals surface area contributed by atoms with Crippen molar-refractivity contribution in [2.75, 3.05) is 0 Å². The number of fused-ring (bicyclic) bond motifs is 1. The zero-order valence-corrected chi connectivity index (χ0v) is 13.1. The van der Waals surface area contributed by atoms with Gasteiger partial charge in [0.05, 0.1) is 5.39 Å². The molecule has 2 heterocycles. The van der Waals surface area contributed by atoms with Crippen LogP contribution in [0.25, 0.3) is 21.3 Å². The Morgan fingerprint density at radius 2 is 1.89 bits per heavy atom. The lowest BCUT2D eigenvalue weighted by Crippen LogP contribution is -2.07. The normalized spacial score (nSPS) is 11.1. The molecule has 0 aliphatic heterocycles. The summed E-state index contributed by atoms with van der Waals surface area (Å²) >= 11 is 9.97. The first-order valence-electron chi connectivity index (χ1n) is 5.58. The summed E-state index contributed by atoms with van der Waals surface area (Å²) in [6.07, 6.45) is 0. The van der Waals surface area contributed by atoms with Gasteiger partial charge in [0.1, 0.15) is 4.83 Å². The van der Waals surface area contributed by atoms with E-state index in [1.165, 1.54) is 0 Å². The van der Waals surface area contributed by atoms with E-state index in [4.69, 9.17) is 12.2 Å². The Balaban J connectivity index is 2.41. The Morgan fingerprint density at radius 1 is 1.21 bits per heavy atom. The van der Waals surface area contributed by atoms with E-state index in [0.717, 1.165) is 25.3 Å². The van der Waals surface area contributed by atoms with Gasteiger partial charge in [-0.3, -0.25) is 9.78 Å². The summed E-state index contributed by atoms with van der Waals surface area (Å²) in [5.74, 6) is 0. The molecule has 3 rings (SSSR count). The lowest BCUT2D eigenvalue weighted by Gasteiger charge is -2.01. The summed E-state index contributed by atoms with van der Waals surface area (Å²) in [6, 6.07) is 7.94. The minimum Gasteiger partial charge on any atom is -0.323 e. The van der Waals surface area contributed by atoms with Crippen molar-refractivity contribution in [1.29, 1.82) is 0 Å². The molecule has 0 radical (unpaired) electrons. The first-order valence-corrected chi connectivity index (χ1v) is 7.59. The first kappa shape index (κ1) is 12.8. The van der Waals surface area contributed by atoms with Gasteiger partial charge >= 0.3 is 0 Å². The molecule has 0 bridgehead atoms. The number of halogens is 1. The van der Waals surface area contributed by atoms with E-state index < -0.39 is 0 Å². The van der Waals surface area contributed by atoms with Gasteiger partial charge in [-0.2, -0.15) is 0 Å². The Morgan fingerprint density at radius 3 is 2.58 bits per heavy atom. The number of thiophene rings is 1. The van der Waals surface area contributed by atoms with Crippen LogP contribution < -0.4 is 5.56 Å². The van der Waals surface area contributed by atoms with Crippen molar-refractivity contribution in [1.82, 2.24) is 9.97 Å². The Labute approximate surface area is 126 Å². The summed E-state index contributed by atoms with van der Waals surface area (Å²) < 4.78 is 1.38. The summed E-state index contributed by atoms with van der Waals surface area (Å²) in [6.45, 7) is 2.01. The van der Waals surface area contributed by atoms with Crippen LogP contribution in [0.2, 0.25) is 0 Å². The Bertz CT molecular complexity index is 874. The van der Waals surface area contributed by atoms with Crippen LogP contribution in [-0.2, 0) is 0 Å². The van der Waals surface area contributed by atoms with Gasteiger partial charge < -0.3 is 4.98 Å². The van der Waals surface area contributed by atoms with Gasteiger partial charge in [0.25, 0.3) is 5.56 Å². The molecule has 19 heavy (non-hydrogen) atoms. The fourth-order valence-electron chi connectivity index (χ4n) is 2.11. The summed E-state index contributed by atoms with van der Waals surface area (Å²) in [5.41, 5.74) is 1.86. The third kappa shape index (κ3) is 2.20. The van der Waals surface area contributed by atoms with Crippen LogP contribution in [0.1, 0.15) is 4.88 Å². The zero-order valence-electron chi connectivity index (χ0n) is 9.91. The summed E-state index contributed by atoms with van der Waals surface area (Å²) in [5, 5.41) is 0.679. The quantitative estimate of drug-likeness (QED) is 0.638. The second kappa shape index (κ2) is 4.70. The van der Waals surface area contributed by atoms with E-state index in [1.807, 2.05) is 31.2 Å². The number of hydrogen-bond donors (Lipinski definition) is 2. The van der Waals surface area contributed by atoms with Crippen molar-refractivity contribution in [3.05, 3.63) is 48.7 Å². The first-order chi connectivity index (χ1) is 9.06. The number of hydrogen-bond acceptors (Lipinski definition) is 3.